The molecule has 11 heteroatoms. The number of carbonyl (C=O) groups excluding carboxylic acids is 4. The number of oxime groups is 1. The first kappa shape index (κ1) is 39.0. The van der Waals surface area contributed by atoms with Gasteiger partial charge >= 0.3 is 12.2 Å². The third kappa shape index (κ3) is 12.9. The zero-order chi connectivity index (χ0) is 36.0. The highest BCUT2D eigenvalue weighted by molar-refractivity contribution is 5.97. The Kier molecular flexibility index (Phi) is 15.1. The van der Waals surface area contributed by atoms with Crippen LogP contribution in [0.1, 0.15) is 109 Å². The van der Waals surface area contributed by atoms with E-state index in [-0.39, 0.29) is 42.4 Å². The van der Waals surface area contributed by atoms with Crippen molar-refractivity contribution < 1.29 is 33.5 Å². The zero-order valence-corrected chi connectivity index (χ0v) is 29.9. The van der Waals surface area contributed by atoms with Gasteiger partial charge in [0.2, 0.25) is 5.91 Å². The molecule has 2 amide bonds. The number of nitrogens with two attached hydrogens (primary N) is 1. The molecule has 1 unspecified atom stereocenters. The van der Waals surface area contributed by atoms with Crippen molar-refractivity contribution in [2.45, 2.75) is 117 Å². The summed E-state index contributed by atoms with van der Waals surface area (Å²) < 4.78 is 10.8. The smallest absolute Gasteiger partial charge is 0.444 e. The SMILES string of the molecule is CCCCC(CC)COC(=O)O/N=C(\N)c1ccc(CCC(=O)[C@H](C)NC(=O)[C@H]2C[C@@H](c3ccccc3)CCN2C(=O)OC(C)(C)C)cc1. The molecule has 0 radical (unpaired) electrons. The summed E-state index contributed by atoms with van der Waals surface area (Å²) in [4.78, 5) is 58.0. The van der Waals surface area contributed by atoms with Crippen molar-refractivity contribution in [3.05, 3.63) is 71.3 Å². The first-order valence-electron chi connectivity index (χ1n) is 17.4. The van der Waals surface area contributed by atoms with Crippen LogP contribution >= 0.6 is 0 Å². The number of amidine groups is 1. The monoisotopic (exact) mass is 678 g/mol. The van der Waals surface area contributed by atoms with Crippen LogP contribution in [0.5, 0.6) is 0 Å². The summed E-state index contributed by atoms with van der Waals surface area (Å²) in [6.45, 7) is 11.9. The minimum atomic E-state index is -0.897. The van der Waals surface area contributed by atoms with Gasteiger partial charge in [0.1, 0.15) is 11.6 Å². The van der Waals surface area contributed by atoms with Gasteiger partial charge in [0, 0.05) is 18.5 Å². The molecule has 2 aromatic rings. The summed E-state index contributed by atoms with van der Waals surface area (Å²) in [5, 5.41) is 6.56. The van der Waals surface area contributed by atoms with E-state index in [9.17, 15) is 19.2 Å². The summed E-state index contributed by atoms with van der Waals surface area (Å²) in [5.74, 6) is -0.111. The molecular formula is C38H54N4O7. The average Bonchev–Trinajstić information content (AvgIpc) is 3.09. The lowest BCUT2D eigenvalue weighted by Gasteiger charge is -2.39. The lowest BCUT2D eigenvalue weighted by molar-refractivity contribution is -0.131. The van der Waals surface area contributed by atoms with E-state index < -0.39 is 29.9 Å². The minimum Gasteiger partial charge on any atom is -0.444 e. The second-order valence-corrected chi connectivity index (χ2v) is 13.8. The highest BCUT2D eigenvalue weighted by atomic mass is 16.8. The molecule has 49 heavy (non-hydrogen) atoms. The molecular weight excluding hydrogens is 624 g/mol. The number of piperidine rings is 1. The molecule has 1 heterocycles. The molecule has 0 bridgehead atoms. The van der Waals surface area contributed by atoms with E-state index in [1.165, 1.54) is 4.90 Å². The van der Waals surface area contributed by atoms with Crippen molar-refractivity contribution in [2.75, 3.05) is 13.2 Å². The molecule has 4 atom stereocenters. The summed E-state index contributed by atoms with van der Waals surface area (Å²) in [6, 6.07) is 15.5. The largest absolute Gasteiger partial charge is 0.535 e. The molecule has 0 aromatic heterocycles. The number of rotatable bonds is 15. The van der Waals surface area contributed by atoms with E-state index in [4.69, 9.17) is 20.0 Å². The highest BCUT2D eigenvalue weighted by Crippen LogP contribution is 2.32. The first-order chi connectivity index (χ1) is 23.3. The van der Waals surface area contributed by atoms with Crippen LogP contribution in [0.3, 0.4) is 0 Å². The Morgan fingerprint density at radius 1 is 1.04 bits per heavy atom. The topological polar surface area (TPSA) is 150 Å². The summed E-state index contributed by atoms with van der Waals surface area (Å²) in [6.07, 6.45) is 4.40. The molecule has 1 aliphatic rings. The lowest BCUT2D eigenvalue weighted by atomic mass is 9.85. The van der Waals surface area contributed by atoms with Crippen LogP contribution in [-0.2, 0) is 30.3 Å². The van der Waals surface area contributed by atoms with Crippen LogP contribution in [0, 0.1) is 5.92 Å². The fourth-order valence-corrected chi connectivity index (χ4v) is 5.75. The number of hydrogen-bond donors (Lipinski definition) is 2. The molecule has 1 aliphatic heterocycles. The van der Waals surface area contributed by atoms with Gasteiger partial charge in [0.15, 0.2) is 11.6 Å². The van der Waals surface area contributed by atoms with Gasteiger partial charge in [-0.2, -0.15) is 0 Å². The van der Waals surface area contributed by atoms with Gasteiger partial charge in [-0.3, -0.25) is 19.3 Å². The van der Waals surface area contributed by atoms with Crippen molar-refractivity contribution in [3.63, 3.8) is 0 Å². The predicted molar refractivity (Wildman–Crippen MR) is 189 cm³/mol. The number of aryl methyl sites for hydroxylation is 1. The normalized spacial score (nSPS) is 17.8. The number of hydrogen-bond acceptors (Lipinski definition) is 8. The van der Waals surface area contributed by atoms with E-state index in [1.807, 2.05) is 42.5 Å². The molecule has 0 spiro atoms. The third-order valence-corrected chi connectivity index (χ3v) is 8.75. The maximum absolute atomic E-state index is 13.6. The summed E-state index contributed by atoms with van der Waals surface area (Å²) >= 11 is 0. The number of Topliss-reactive ketones (excluding diaryl/α,β-unsaturated/α-hetero) is 1. The second kappa shape index (κ2) is 19.0. The number of ketones is 1. The molecule has 1 fully saturated rings. The number of carbonyl (C=O) groups is 4. The first-order valence-corrected chi connectivity index (χ1v) is 17.4. The van der Waals surface area contributed by atoms with Gasteiger partial charge in [-0.1, -0.05) is 92.9 Å². The fourth-order valence-electron chi connectivity index (χ4n) is 5.75. The van der Waals surface area contributed by atoms with Crippen molar-refractivity contribution in [2.24, 2.45) is 16.8 Å². The molecule has 11 nitrogen and oxygen atoms in total. The maximum Gasteiger partial charge on any atom is 0.535 e. The molecule has 0 aliphatic carbocycles. The number of benzene rings is 2. The van der Waals surface area contributed by atoms with E-state index in [0.29, 0.717) is 31.4 Å². The van der Waals surface area contributed by atoms with Crippen molar-refractivity contribution in [1.82, 2.24) is 10.2 Å². The Morgan fingerprint density at radius 3 is 2.37 bits per heavy atom. The Bertz CT molecular complexity index is 1410. The molecule has 3 rings (SSSR count). The van der Waals surface area contributed by atoms with Crippen LogP contribution in [0.15, 0.2) is 59.8 Å². The van der Waals surface area contributed by atoms with Crippen LogP contribution in [0.2, 0.25) is 0 Å². The highest BCUT2D eigenvalue weighted by Gasteiger charge is 2.39. The lowest BCUT2D eigenvalue weighted by Crippen LogP contribution is -2.56. The average molecular weight is 679 g/mol. The molecule has 1 saturated heterocycles. The number of amides is 2. The van der Waals surface area contributed by atoms with Gasteiger partial charge in [0.25, 0.3) is 0 Å². The predicted octanol–water partition coefficient (Wildman–Crippen LogP) is 6.87. The summed E-state index contributed by atoms with van der Waals surface area (Å²) in [7, 11) is 0. The third-order valence-electron chi connectivity index (χ3n) is 8.75. The number of ether oxygens (including phenoxy) is 2. The number of nitrogens with zero attached hydrogens (tertiary/aromatic N) is 2. The zero-order valence-electron chi connectivity index (χ0n) is 29.9. The Balaban J connectivity index is 1.53. The minimum absolute atomic E-state index is 0.0200. The molecule has 2 aromatic carbocycles. The van der Waals surface area contributed by atoms with E-state index in [0.717, 1.165) is 36.8 Å². The van der Waals surface area contributed by atoms with E-state index in [1.54, 1.807) is 39.8 Å². The van der Waals surface area contributed by atoms with E-state index in [2.05, 4.69) is 24.3 Å². The van der Waals surface area contributed by atoms with Crippen LogP contribution in [0.25, 0.3) is 0 Å². The number of likely N-dealkylation sites (tertiary alicyclic amines) is 1. The summed E-state index contributed by atoms with van der Waals surface area (Å²) in [5.41, 5.74) is 7.84. The Labute approximate surface area is 290 Å². The fraction of sp³-hybridized carbons (Fsp3) is 0.553. The Morgan fingerprint density at radius 2 is 1.73 bits per heavy atom. The van der Waals surface area contributed by atoms with Crippen LogP contribution in [-0.4, -0.2) is 65.5 Å². The van der Waals surface area contributed by atoms with Crippen LogP contribution < -0.4 is 11.1 Å². The van der Waals surface area contributed by atoms with Gasteiger partial charge in [-0.15, -0.1) is 0 Å². The maximum atomic E-state index is 13.6. The Hall–Kier alpha value is -4.41. The standard InChI is InChI=1S/C38H54N4O7/c1-7-9-13-27(8-2)25-47-37(46)49-41-34(39)30-19-16-28(17-20-30)18-21-33(43)26(3)40-35(44)32-24-31(29-14-11-10-12-15-29)22-23-42(32)36(45)48-38(4,5)6/h10-12,14-17,19-20,26-27,31-32H,7-9,13,18,21-25H2,1-6H3,(H2,39,41)(H,40,44)/t26-,27?,31-,32+/m0/s1. The van der Waals surface area contributed by atoms with Gasteiger partial charge in [0.05, 0.1) is 12.6 Å². The number of nitrogens with one attached hydrogen (secondary N) is 1. The second-order valence-electron chi connectivity index (χ2n) is 13.8. The number of unbranched alkanes of at least 4 members (excludes halogenated alkanes) is 1. The van der Waals surface area contributed by atoms with Gasteiger partial charge < -0.3 is 20.5 Å². The molecule has 268 valence electrons. The van der Waals surface area contributed by atoms with Crippen molar-refractivity contribution in [3.8, 4) is 0 Å². The molecule has 0 saturated carbocycles. The van der Waals surface area contributed by atoms with Crippen molar-refractivity contribution in [1.29, 1.82) is 0 Å². The van der Waals surface area contributed by atoms with Gasteiger partial charge in [-0.05, 0) is 76.3 Å². The van der Waals surface area contributed by atoms with E-state index >= 15 is 0 Å². The quantitative estimate of drug-likeness (QED) is 0.0682. The molecule has 3 N–H and O–H groups in total. The van der Waals surface area contributed by atoms with Crippen molar-refractivity contribution >= 4 is 29.8 Å². The van der Waals surface area contributed by atoms with Crippen LogP contribution in [0.4, 0.5) is 9.59 Å². The van der Waals surface area contributed by atoms with Gasteiger partial charge in [-0.25, -0.2) is 9.59 Å².